The molecule has 0 spiro atoms. The van der Waals surface area contributed by atoms with E-state index in [0.29, 0.717) is 18.1 Å². The number of nitrogens with one attached hydrogen (secondary N) is 1. The Balaban J connectivity index is 1.86. The maximum atomic E-state index is 4.36. The van der Waals surface area contributed by atoms with Crippen LogP contribution >= 0.6 is 11.3 Å². The predicted octanol–water partition coefficient (Wildman–Crippen LogP) is 2.28. The minimum atomic E-state index is 0.381. The van der Waals surface area contributed by atoms with Crippen LogP contribution in [0.3, 0.4) is 0 Å². The van der Waals surface area contributed by atoms with Crippen LogP contribution in [0.4, 0.5) is 0 Å². The number of nitrogens with zero attached hydrogens (tertiary/aromatic N) is 2. The summed E-state index contributed by atoms with van der Waals surface area (Å²) in [5.41, 5.74) is 3.08. The van der Waals surface area contributed by atoms with Crippen LogP contribution in [-0.4, -0.2) is 35.6 Å². The molecule has 1 fully saturated rings. The summed E-state index contributed by atoms with van der Waals surface area (Å²) < 4.78 is 0. The van der Waals surface area contributed by atoms with E-state index in [1.165, 1.54) is 25.1 Å². The number of aromatic nitrogens is 1. The maximum Gasteiger partial charge on any atom is 0.0795 e. The van der Waals surface area contributed by atoms with Gasteiger partial charge in [-0.3, -0.25) is 0 Å². The van der Waals surface area contributed by atoms with Gasteiger partial charge in [0.2, 0.25) is 0 Å². The van der Waals surface area contributed by atoms with Gasteiger partial charge >= 0.3 is 0 Å². The molecule has 0 radical (unpaired) electrons. The first-order valence-electron chi connectivity index (χ1n) is 6.01. The van der Waals surface area contributed by atoms with Gasteiger partial charge in [-0.15, -0.1) is 11.3 Å². The molecule has 0 amide bonds. The molecule has 1 N–H and O–H groups in total. The van der Waals surface area contributed by atoms with E-state index in [9.17, 15) is 0 Å². The van der Waals surface area contributed by atoms with Crippen molar-refractivity contribution < 1.29 is 0 Å². The van der Waals surface area contributed by atoms with Gasteiger partial charge < -0.3 is 10.2 Å². The molecule has 90 valence electrons. The lowest BCUT2D eigenvalue weighted by Gasteiger charge is -2.36. The Morgan fingerprint density at radius 3 is 3.06 bits per heavy atom. The van der Waals surface area contributed by atoms with Gasteiger partial charge in [0.1, 0.15) is 0 Å². The molecule has 2 heterocycles. The first kappa shape index (κ1) is 12.0. The second kappa shape index (κ2) is 5.25. The molecule has 3 nitrogen and oxygen atoms in total. The van der Waals surface area contributed by atoms with Crippen molar-refractivity contribution in [3.05, 3.63) is 16.6 Å². The van der Waals surface area contributed by atoms with Crippen molar-refractivity contribution in [3.63, 3.8) is 0 Å². The molecule has 3 unspecified atom stereocenters. The SMILES string of the molecule is CC(NC1CCN(C)C(C)C1)c1cscn1. The zero-order valence-corrected chi connectivity index (χ0v) is 11.1. The Bertz CT molecular complexity index is 312. The van der Waals surface area contributed by atoms with Crippen molar-refractivity contribution in [2.75, 3.05) is 13.6 Å². The van der Waals surface area contributed by atoms with Crippen molar-refractivity contribution in [1.29, 1.82) is 0 Å². The van der Waals surface area contributed by atoms with E-state index in [2.05, 4.69) is 41.5 Å². The molecule has 1 saturated heterocycles. The molecule has 1 aliphatic rings. The third-order valence-electron chi connectivity index (χ3n) is 3.59. The van der Waals surface area contributed by atoms with E-state index >= 15 is 0 Å². The average Bonchev–Trinajstić information content (AvgIpc) is 2.77. The fourth-order valence-corrected chi connectivity index (χ4v) is 2.96. The van der Waals surface area contributed by atoms with Gasteiger partial charge in [0.15, 0.2) is 0 Å². The van der Waals surface area contributed by atoms with Crippen LogP contribution in [0.1, 0.15) is 38.4 Å². The maximum absolute atomic E-state index is 4.36. The highest BCUT2D eigenvalue weighted by Gasteiger charge is 2.24. The monoisotopic (exact) mass is 239 g/mol. The molecule has 0 aliphatic carbocycles. The highest BCUT2D eigenvalue weighted by molar-refractivity contribution is 7.07. The van der Waals surface area contributed by atoms with Crippen molar-refractivity contribution >= 4 is 11.3 Å². The van der Waals surface area contributed by atoms with Crippen LogP contribution in [0.15, 0.2) is 10.9 Å². The van der Waals surface area contributed by atoms with E-state index in [4.69, 9.17) is 0 Å². The molecule has 1 aromatic rings. The van der Waals surface area contributed by atoms with Crippen molar-refractivity contribution in [1.82, 2.24) is 15.2 Å². The Morgan fingerprint density at radius 1 is 1.62 bits per heavy atom. The van der Waals surface area contributed by atoms with Crippen molar-refractivity contribution in [2.24, 2.45) is 0 Å². The molecule has 16 heavy (non-hydrogen) atoms. The molecule has 2 rings (SSSR count). The number of hydrogen-bond acceptors (Lipinski definition) is 4. The van der Waals surface area contributed by atoms with Gasteiger partial charge in [0.25, 0.3) is 0 Å². The van der Waals surface area contributed by atoms with E-state index in [1.54, 1.807) is 11.3 Å². The van der Waals surface area contributed by atoms with Crippen molar-refractivity contribution in [3.8, 4) is 0 Å². The zero-order chi connectivity index (χ0) is 11.5. The first-order valence-corrected chi connectivity index (χ1v) is 6.95. The largest absolute Gasteiger partial charge is 0.306 e. The molecule has 1 aromatic heterocycles. The van der Waals surface area contributed by atoms with E-state index < -0.39 is 0 Å². The number of thiazole rings is 1. The molecule has 0 aromatic carbocycles. The summed E-state index contributed by atoms with van der Waals surface area (Å²) in [6.07, 6.45) is 2.49. The van der Waals surface area contributed by atoms with Crippen LogP contribution in [0.2, 0.25) is 0 Å². The number of piperidine rings is 1. The molecule has 0 bridgehead atoms. The summed E-state index contributed by atoms with van der Waals surface area (Å²) in [5, 5.41) is 5.82. The van der Waals surface area contributed by atoms with Crippen LogP contribution in [0, 0.1) is 0 Å². The average molecular weight is 239 g/mol. The number of hydrogen-bond donors (Lipinski definition) is 1. The van der Waals surface area contributed by atoms with Gasteiger partial charge in [-0.1, -0.05) is 0 Å². The highest BCUT2D eigenvalue weighted by Crippen LogP contribution is 2.19. The number of rotatable bonds is 3. The fraction of sp³-hybridized carbons (Fsp3) is 0.750. The summed E-state index contributed by atoms with van der Waals surface area (Å²) in [5.74, 6) is 0. The second-order valence-electron chi connectivity index (χ2n) is 4.85. The Hall–Kier alpha value is -0.450. The molecular weight excluding hydrogens is 218 g/mol. The van der Waals surface area contributed by atoms with Gasteiger partial charge in [-0.25, -0.2) is 4.98 Å². The third-order valence-corrected chi connectivity index (χ3v) is 4.19. The summed E-state index contributed by atoms with van der Waals surface area (Å²) in [4.78, 5) is 6.80. The van der Waals surface area contributed by atoms with Crippen LogP contribution in [0.25, 0.3) is 0 Å². The van der Waals surface area contributed by atoms with Crippen LogP contribution < -0.4 is 5.32 Å². The molecule has 0 saturated carbocycles. The van der Waals surface area contributed by atoms with Crippen LogP contribution in [-0.2, 0) is 0 Å². The van der Waals surface area contributed by atoms with E-state index in [0.717, 1.165) is 0 Å². The van der Waals surface area contributed by atoms with Gasteiger partial charge in [0, 0.05) is 23.5 Å². The van der Waals surface area contributed by atoms with Gasteiger partial charge in [-0.05, 0) is 40.3 Å². The Morgan fingerprint density at radius 2 is 2.44 bits per heavy atom. The topological polar surface area (TPSA) is 28.2 Å². The lowest BCUT2D eigenvalue weighted by atomic mass is 9.98. The summed E-state index contributed by atoms with van der Waals surface area (Å²) in [6, 6.07) is 1.71. The lowest BCUT2D eigenvalue weighted by Crippen LogP contribution is -2.46. The lowest BCUT2D eigenvalue weighted by molar-refractivity contribution is 0.163. The predicted molar refractivity (Wildman–Crippen MR) is 68.8 cm³/mol. The quantitative estimate of drug-likeness (QED) is 0.877. The smallest absolute Gasteiger partial charge is 0.0795 e. The fourth-order valence-electron chi connectivity index (χ4n) is 2.32. The summed E-state index contributed by atoms with van der Waals surface area (Å²) in [6.45, 7) is 5.71. The van der Waals surface area contributed by atoms with Gasteiger partial charge in [-0.2, -0.15) is 0 Å². The summed E-state index contributed by atoms with van der Waals surface area (Å²) in [7, 11) is 2.21. The summed E-state index contributed by atoms with van der Waals surface area (Å²) >= 11 is 1.67. The van der Waals surface area contributed by atoms with Crippen molar-refractivity contribution in [2.45, 2.75) is 44.8 Å². The highest BCUT2D eigenvalue weighted by atomic mass is 32.1. The van der Waals surface area contributed by atoms with E-state index in [1.807, 2.05) is 5.51 Å². The minimum absolute atomic E-state index is 0.381. The third kappa shape index (κ3) is 2.81. The zero-order valence-electron chi connectivity index (χ0n) is 10.3. The molecule has 1 aliphatic heterocycles. The van der Waals surface area contributed by atoms with Gasteiger partial charge in [0.05, 0.1) is 11.2 Å². The minimum Gasteiger partial charge on any atom is -0.306 e. The normalized spacial score (nSPS) is 29.2. The Kier molecular flexibility index (Phi) is 3.95. The number of likely N-dealkylation sites (tertiary alicyclic amines) is 1. The first-order chi connectivity index (χ1) is 7.66. The molecule has 4 heteroatoms. The second-order valence-corrected chi connectivity index (χ2v) is 5.57. The molecular formula is C12H21N3S. The molecule has 3 atom stereocenters. The van der Waals surface area contributed by atoms with Crippen LogP contribution in [0.5, 0.6) is 0 Å². The van der Waals surface area contributed by atoms with E-state index in [-0.39, 0.29) is 0 Å². The Labute approximate surface area is 102 Å². The standard InChI is InChI=1S/C12H21N3S/c1-9-6-11(4-5-15(9)3)14-10(2)12-7-16-8-13-12/h7-11,14H,4-6H2,1-3H3.